The van der Waals surface area contributed by atoms with Gasteiger partial charge in [-0.15, -0.1) is 0 Å². The molecule has 0 atom stereocenters. The van der Waals surface area contributed by atoms with Gasteiger partial charge in [-0.1, -0.05) is 30.3 Å². The van der Waals surface area contributed by atoms with Crippen LogP contribution in [-0.4, -0.2) is 12.2 Å². The number of hydrogen-bond donors (Lipinski definition) is 1. The van der Waals surface area contributed by atoms with E-state index in [-0.39, 0.29) is 11.1 Å². The van der Waals surface area contributed by atoms with Crippen LogP contribution in [0.3, 0.4) is 0 Å². The molecular formula is C15H10F3N2O2-. The summed E-state index contributed by atoms with van der Waals surface area (Å²) in [5.74, 6) is -1.35. The van der Waals surface area contributed by atoms with E-state index in [1.807, 2.05) is 0 Å². The summed E-state index contributed by atoms with van der Waals surface area (Å²) in [4.78, 5) is 10.7. The lowest BCUT2D eigenvalue weighted by molar-refractivity contribution is -0.255. The van der Waals surface area contributed by atoms with Crippen LogP contribution in [0.5, 0.6) is 0 Å². The number of aromatic carboxylic acids is 1. The van der Waals surface area contributed by atoms with Crippen LogP contribution in [0.25, 0.3) is 0 Å². The van der Waals surface area contributed by atoms with Crippen LogP contribution in [0.1, 0.15) is 21.5 Å². The van der Waals surface area contributed by atoms with E-state index in [4.69, 9.17) is 0 Å². The predicted molar refractivity (Wildman–Crippen MR) is 73.4 cm³/mol. The second-order valence-corrected chi connectivity index (χ2v) is 4.32. The van der Waals surface area contributed by atoms with Crippen LogP contribution in [0, 0.1) is 0 Å². The minimum Gasteiger partial charge on any atom is -0.545 e. The number of hydrazone groups is 1. The Morgan fingerprint density at radius 1 is 1.14 bits per heavy atom. The Hall–Kier alpha value is -2.83. The SMILES string of the molecule is O=C([O-])c1cccc(N/N=C\c2ccccc2C(F)(F)F)c1. The average molecular weight is 307 g/mol. The van der Waals surface area contributed by atoms with Gasteiger partial charge in [-0.2, -0.15) is 18.3 Å². The zero-order valence-electron chi connectivity index (χ0n) is 11.1. The van der Waals surface area contributed by atoms with E-state index in [1.165, 1.54) is 42.5 Å². The largest absolute Gasteiger partial charge is 0.545 e. The van der Waals surface area contributed by atoms with Crippen LogP contribution in [0.15, 0.2) is 53.6 Å². The quantitative estimate of drug-likeness (QED) is 0.697. The van der Waals surface area contributed by atoms with Crippen molar-refractivity contribution in [2.45, 2.75) is 6.18 Å². The summed E-state index contributed by atoms with van der Waals surface area (Å²) in [7, 11) is 0. The fourth-order valence-electron chi connectivity index (χ4n) is 1.76. The van der Waals surface area contributed by atoms with Crippen molar-refractivity contribution in [3.63, 3.8) is 0 Å². The van der Waals surface area contributed by atoms with Crippen molar-refractivity contribution in [3.05, 3.63) is 65.2 Å². The lowest BCUT2D eigenvalue weighted by Crippen LogP contribution is -2.22. The molecule has 0 spiro atoms. The topological polar surface area (TPSA) is 64.5 Å². The van der Waals surface area contributed by atoms with Gasteiger partial charge < -0.3 is 9.90 Å². The first-order valence-corrected chi connectivity index (χ1v) is 6.14. The van der Waals surface area contributed by atoms with Gasteiger partial charge in [-0.3, -0.25) is 5.43 Å². The highest BCUT2D eigenvalue weighted by Gasteiger charge is 2.32. The maximum absolute atomic E-state index is 12.8. The van der Waals surface area contributed by atoms with Crippen LogP contribution >= 0.6 is 0 Å². The first-order chi connectivity index (χ1) is 10.4. The van der Waals surface area contributed by atoms with Crippen molar-refractivity contribution >= 4 is 17.9 Å². The van der Waals surface area contributed by atoms with Gasteiger partial charge in [0.15, 0.2) is 0 Å². The Bertz CT molecular complexity index is 712. The van der Waals surface area contributed by atoms with Gasteiger partial charge >= 0.3 is 6.18 Å². The minimum absolute atomic E-state index is 0.0594. The Morgan fingerprint density at radius 3 is 2.55 bits per heavy atom. The van der Waals surface area contributed by atoms with E-state index in [2.05, 4.69) is 10.5 Å². The third-order valence-corrected chi connectivity index (χ3v) is 2.76. The van der Waals surface area contributed by atoms with Crippen molar-refractivity contribution in [1.29, 1.82) is 0 Å². The fourth-order valence-corrected chi connectivity index (χ4v) is 1.76. The summed E-state index contributed by atoms with van der Waals surface area (Å²) in [6, 6.07) is 10.6. The molecule has 0 saturated heterocycles. The summed E-state index contributed by atoms with van der Waals surface area (Å²) >= 11 is 0. The molecule has 0 fully saturated rings. The van der Waals surface area contributed by atoms with Crippen molar-refractivity contribution in [1.82, 2.24) is 0 Å². The molecule has 0 radical (unpaired) electrons. The number of carbonyl (C=O) groups excluding carboxylic acids is 1. The van der Waals surface area contributed by atoms with Gasteiger partial charge in [-0.25, -0.2) is 0 Å². The smallest absolute Gasteiger partial charge is 0.417 e. The summed E-state index contributed by atoms with van der Waals surface area (Å²) < 4.78 is 38.4. The number of hydrogen-bond acceptors (Lipinski definition) is 4. The van der Waals surface area contributed by atoms with Gasteiger partial charge in [0.1, 0.15) is 0 Å². The molecule has 114 valence electrons. The highest BCUT2D eigenvalue weighted by molar-refractivity contribution is 5.87. The Kier molecular flexibility index (Phi) is 4.45. The van der Waals surface area contributed by atoms with E-state index in [0.717, 1.165) is 12.3 Å². The molecule has 7 heteroatoms. The van der Waals surface area contributed by atoms with E-state index in [0.29, 0.717) is 5.69 Å². The average Bonchev–Trinajstić information content (AvgIpc) is 2.47. The molecule has 0 aliphatic heterocycles. The lowest BCUT2D eigenvalue weighted by Gasteiger charge is -2.09. The summed E-state index contributed by atoms with van der Waals surface area (Å²) in [5.41, 5.74) is 1.84. The highest BCUT2D eigenvalue weighted by Crippen LogP contribution is 2.31. The molecule has 0 heterocycles. The number of nitrogens with zero attached hydrogens (tertiary/aromatic N) is 1. The molecule has 2 aromatic rings. The van der Waals surface area contributed by atoms with Crippen molar-refractivity contribution in [2.75, 3.05) is 5.43 Å². The lowest BCUT2D eigenvalue weighted by atomic mass is 10.1. The number of carboxylic acid groups (broad SMARTS) is 1. The normalized spacial score (nSPS) is 11.6. The third-order valence-electron chi connectivity index (χ3n) is 2.76. The number of rotatable bonds is 4. The molecule has 0 amide bonds. The fraction of sp³-hybridized carbons (Fsp3) is 0.0667. The van der Waals surface area contributed by atoms with Crippen LogP contribution in [0.2, 0.25) is 0 Å². The molecular weight excluding hydrogens is 297 g/mol. The molecule has 0 saturated carbocycles. The Morgan fingerprint density at radius 2 is 1.86 bits per heavy atom. The monoisotopic (exact) mass is 307 g/mol. The zero-order valence-corrected chi connectivity index (χ0v) is 11.1. The molecule has 0 bridgehead atoms. The molecule has 22 heavy (non-hydrogen) atoms. The summed E-state index contributed by atoms with van der Waals surface area (Å²) in [6.45, 7) is 0. The zero-order chi connectivity index (χ0) is 16.2. The van der Waals surface area contributed by atoms with Gasteiger partial charge in [0, 0.05) is 5.56 Å². The van der Waals surface area contributed by atoms with Crippen molar-refractivity contribution < 1.29 is 23.1 Å². The van der Waals surface area contributed by atoms with Crippen molar-refractivity contribution in [2.24, 2.45) is 5.10 Å². The van der Waals surface area contributed by atoms with Crippen molar-refractivity contribution in [3.8, 4) is 0 Å². The standard InChI is InChI=1S/C15H11F3N2O2/c16-15(17,18)13-7-2-1-4-11(13)9-19-20-12-6-3-5-10(8-12)14(21)22/h1-9,20H,(H,21,22)/p-1/b19-9-. The molecule has 2 rings (SSSR count). The second-order valence-electron chi connectivity index (χ2n) is 4.32. The maximum atomic E-state index is 12.8. The van der Waals surface area contributed by atoms with Gasteiger partial charge in [-0.05, 0) is 23.8 Å². The molecule has 0 aromatic heterocycles. The van der Waals surface area contributed by atoms with Gasteiger partial charge in [0.2, 0.25) is 0 Å². The number of benzene rings is 2. The second kappa shape index (κ2) is 6.30. The van der Waals surface area contributed by atoms with Gasteiger partial charge in [0.05, 0.1) is 23.4 Å². The van der Waals surface area contributed by atoms with E-state index in [1.54, 1.807) is 0 Å². The maximum Gasteiger partial charge on any atom is 0.417 e. The molecule has 2 aromatic carbocycles. The van der Waals surface area contributed by atoms with E-state index < -0.39 is 17.7 Å². The Labute approximate surface area is 123 Å². The number of carbonyl (C=O) groups is 1. The first-order valence-electron chi connectivity index (χ1n) is 6.14. The molecule has 4 nitrogen and oxygen atoms in total. The number of halogens is 3. The molecule has 0 aliphatic rings. The first kappa shape index (κ1) is 15.6. The van der Waals surface area contributed by atoms with E-state index in [9.17, 15) is 23.1 Å². The Balaban J connectivity index is 2.17. The number of carboxylic acids is 1. The minimum atomic E-state index is -4.47. The third kappa shape index (κ3) is 3.85. The highest BCUT2D eigenvalue weighted by atomic mass is 19.4. The van der Waals surface area contributed by atoms with E-state index >= 15 is 0 Å². The van der Waals surface area contributed by atoms with Gasteiger partial charge in [0.25, 0.3) is 0 Å². The molecule has 0 unspecified atom stereocenters. The number of nitrogens with one attached hydrogen (secondary N) is 1. The summed E-state index contributed by atoms with van der Waals surface area (Å²) in [6.07, 6.45) is -3.45. The van der Waals surface area contributed by atoms with Crippen LogP contribution in [0.4, 0.5) is 18.9 Å². The molecule has 0 aliphatic carbocycles. The summed E-state index contributed by atoms with van der Waals surface area (Å²) in [5, 5.41) is 14.4. The predicted octanol–water partition coefficient (Wildman–Crippen LogP) is 2.51. The van der Waals surface area contributed by atoms with Crippen LogP contribution < -0.4 is 10.5 Å². The number of alkyl halides is 3. The molecule has 1 N–H and O–H groups in total. The van der Waals surface area contributed by atoms with Crippen LogP contribution in [-0.2, 0) is 6.18 Å². The number of anilines is 1.